The van der Waals surface area contributed by atoms with Crippen LogP contribution in [0.3, 0.4) is 0 Å². The molecule has 0 bridgehead atoms. The summed E-state index contributed by atoms with van der Waals surface area (Å²) in [5.41, 5.74) is 2.10. The van der Waals surface area contributed by atoms with Crippen LogP contribution in [0.25, 0.3) is 0 Å². The molecule has 0 saturated carbocycles. The van der Waals surface area contributed by atoms with E-state index in [1.807, 2.05) is 32.0 Å². The molecule has 1 unspecified atom stereocenters. The summed E-state index contributed by atoms with van der Waals surface area (Å²) in [5.74, 6) is 0.529. The van der Waals surface area contributed by atoms with E-state index in [1.54, 1.807) is 24.3 Å². The molecule has 2 aromatic rings. The summed E-state index contributed by atoms with van der Waals surface area (Å²) in [4.78, 5) is 24.5. The highest BCUT2D eigenvalue weighted by atomic mass is 79.9. The molecule has 2 rings (SSSR count). The van der Waals surface area contributed by atoms with E-state index >= 15 is 0 Å². The molecule has 2 aromatic carbocycles. The highest BCUT2D eigenvalue weighted by Crippen LogP contribution is 2.29. The minimum Gasteiger partial charge on any atom is -0.483 e. The molecule has 6 heteroatoms. The number of carbonyl (C=O) groups excluding carboxylic acids is 2. The van der Waals surface area contributed by atoms with Gasteiger partial charge in [-0.15, -0.1) is 0 Å². The fourth-order valence-corrected chi connectivity index (χ4v) is 2.97. The van der Waals surface area contributed by atoms with Crippen molar-refractivity contribution < 1.29 is 14.3 Å². The third-order valence-corrected chi connectivity index (χ3v) is 4.84. The Morgan fingerprint density at radius 2 is 1.86 bits per heavy atom. The SMILES string of the molecule is CCC(C)NC(=O)c1cccc(NC(=O)COc2ccc(Br)cc2C(C)C)c1. The molecule has 5 nitrogen and oxygen atoms in total. The number of hydrogen-bond acceptors (Lipinski definition) is 3. The number of benzene rings is 2. The van der Waals surface area contributed by atoms with Crippen molar-refractivity contribution in [3.63, 3.8) is 0 Å². The van der Waals surface area contributed by atoms with E-state index in [0.717, 1.165) is 16.5 Å². The normalized spacial score (nSPS) is 11.8. The van der Waals surface area contributed by atoms with E-state index in [2.05, 4.69) is 40.4 Å². The Balaban J connectivity index is 1.99. The summed E-state index contributed by atoms with van der Waals surface area (Å²) in [6, 6.07) is 12.7. The zero-order valence-electron chi connectivity index (χ0n) is 16.7. The second kappa shape index (κ2) is 10.3. The summed E-state index contributed by atoms with van der Waals surface area (Å²) >= 11 is 3.46. The second-order valence-corrected chi connectivity index (χ2v) is 7.95. The van der Waals surface area contributed by atoms with E-state index in [9.17, 15) is 9.59 Å². The molecule has 1 atom stereocenters. The zero-order chi connectivity index (χ0) is 20.7. The van der Waals surface area contributed by atoms with E-state index in [1.165, 1.54) is 0 Å². The van der Waals surface area contributed by atoms with Gasteiger partial charge in [0.15, 0.2) is 6.61 Å². The maximum absolute atomic E-state index is 12.3. The predicted molar refractivity (Wildman–Crippen MR) is 116 cm³/mol. The van der Waals surface area contributed by atoms with Crippen molar-refractivity contribution in [2.75, 3.05) is 11.9 Å². The van der Waals surface area contributed by atoms with E-state index < -0.39 is 0 Å². The van der Waals surface area contributed by atoms with Gasteiger partial charge >= 0.3 is 0 Å². The van der Waals surface area contributed by atoms with Crippen LogP contribution < -0.4 is 15.4 Å². The van der Waals surface area contributed by atoms with Crippen molar-refractivity contribution >= 4 is 33.4 Å². The largest absolute Gasteiger partial charge is 0.483 e. The highest BCUT2D eigenvalue weighted by molar-refractivity contribution is 9.10. The summed E-state index contributed by atoms with van der Waals surface area (Å²) in [6.45, 7) is 8.01. The molecular weight excluding hydrogens is 420 g/mol. The zero-order valence-corrected chi connectivity index (χ0v) is 18.3. The molecule has 28 heavy (non-hydrogen) atoms. The Morgan fingerprint density at radius 1 is 1.11 bits per heavy atom. The first kappa shape index (κ1) is 22.0. The number of ether oxygens (including phenoxy) is 1. The maximum atomic E-state index is 12.3. The van der Waals surface area contributed by atoms with Crippen LogP contribution in [0.15, 0.2) is 46.9 Å². The van der Waals surface area contributed by atoms with Crippen molar-refractivity contribution in [1.82, 2.24) is 5.32 Å². The van der Waals surface area contributed by atoms with E-state index in [0.29, 0.717) is 17.0 Å². The Kier molecular flexibility index (Phi) is 8.05. The van der Waals surface area contributed by atoms with Gasteiger partial charge in [0.25, 0.3) is 11.8 Å². The summed E-state index contributed by atoms with van der Waals surface area (Å²) in [7, 11) is 0. The lowest BCUT2D eigenvalue weighted by atomic mass is 10.0. The lowest BCUT2D eigenvalue weighted by Gasteiger charge is -2.15. The molecule has 0 spiro atoms. The number of carbonyl (C=O) groups is 2. The van der Waals surface area contributed by atoms with Crippen molar-refractivity contribution in [2.45, 2.75) is 46.1 Å². The molecule has 150 valence electrons. The molecule has 0 aliphatic carbocycles. The van der Waals surface area contributed by atoms with Gasteiger partial charge in [0, 0.05) is 21.8 Å². The van der Waals surface area contributed by atoms with Crippen LogP contribution in [-0.4, -0.2) is 24.5 Å². The molecule has 0 aliphatic rings. The Morgan fingerprint density at radius 3 is 2.54 bits per heavy atom. The van der Waals surface area contributed by atoms with Gasteiger partial charge in [-0.25, -0.2) is 0 Å². The molecule has 2 N–H and O–H groups in total. The van der Waals surface area contributed by atoms with Crippen LogP contribution in [0.2, 0.25) is 0 Å². The Bertz CT molecular complexity index is 836. The number of anilines is 1. The molecule has 0 aromatic heterocycles. The minimum atomic E-state index is -0.280. The van der Waals surface area contributed by atoms with Crippen LogP contribution in [-0.2, 0) is 4.79 Å². The molecule has 0 saturated heterocycles. The van der Waals surface area contributed by atoms with Gasteiger partial charge in [0.05, 0.1) is 0 Å². The standard InChI is InChI=1S/C22H27BrN2O3/c1-5-15(4)24-22(27)16-7-6-8-18(11-16)25-21(26)13-28-20-10-9-17(23)12-19(20)14(2)3/h6-12,14-15H,5,13H2,1-4H3,(H,24,27)(H,25,26). The predicted octanol–water partition coefficient (Wildman–Crippen LogP) is 5.12. The molecule has 0 aliphatic heterocycles. The molecular formula is C22H27BrN2O3. The van der Waals surface area contributed by atoms with Crippen molar-refractivity contribution in [2.24, 2.45) is 0 Å². The van der Waals surface area contributed by atoms with Crippen molar-refractivity contribution in [1.29, 1.82) is 0 Å². The minimum absolute atomic E-state index is 0.0974. The van der Waals surface area contributed by atoms with Gasteiger partial charge in [-0.05, 0) is 61.2 Å². The van der Waals surface area contributed by atoms with Crippen LogP contribution in [0, 0.1) is 0 Å². The number of rotatable bonds is 8. The fraction of sp³-hybridized carbons (Fsp3) is 0.364. The number of halogens is 1. The van der Waals surface area contributed by atoms with Crippen molar-refractivity contribution in [3.8, 4) is 5.75 Å². The van der Waals surface area contributed by atoms with E-state index in [4.69, 9.17) is 4.74 Å². The van der Waals surface area contributed by atoms with Crippen LogP contribution >= 0.6 is 15.9 Å². The van der Waals surface area contributed by atoms with Crippen LogP contribution in [0.4, 0.5) is 5.69 Å². The molecule has 0 radical (unpaired) electrons. The van der Waals surface area contributed by atoms with Crippen molar-refractivity contribution in [3.05, 3.63) is 58.1 Å². The van der Waals surface area contributed by atoms with E-state index in [-0.39, 0.29) is 30.4 Å². The smallest absolute Gasteiger partial charge is 0.262 e. The average Bonchev–Trinajstić information content (AvgIpc) is 2.66. The number of amides is 2. The Hall–Kier alpha value is -2.34. The lowest BCUT2D eigenvalue weighted by Crippen LogP contribution is -2.32. The number of hydrogen-bond donors (Lipinski definition) is 2. The topological polar surface area (TPSA) is 67.4 Å². The fourth-order valence-electron chi connectivity index (χ4n) is 2.59. The first-order chi connectivity index (χ1) is 13.3. The average molecular weight is 447 g/mol. The quantitative estimate of drug-likeness (QED) is 0.591. The molecule has 2 amide bonds. The van der Waals surface area contributed by atoms with Crippen LogP contribution in [0.1, 0.15) is 56.0 Å². The van der Waals surface area contributed by atoms with Gasteiger partial charge in [-0.3, -0.25) is 9.59 Å². The van der Waals surface area contributed by atoms with Gasteiger partial charge in [-0.2, -0.15) is 0 Å². The van der Waals surface area contributed by atoms with Gasteiger partial charge in [-0.1, -0.05) is 42.8 Å². The second-order valence-electron chi connectivity index (χ2n) is 7.04. The third kappa shape index (κ3) is 6.37. The Labute approximate surface area is 175 Å². The summed E-state index contributed by atoms with van der Waals surface area (Å²) in [6.07, 6.45) is 0.855. The first-order valence-electron chi connectivity index (χ1n) is 9.43. The summed E-state index contributed by atoms with van der Waals surface area (Å²) in [5, 5.41) is 5.70. The highest BCUT2D eigenvalue weighted by Gasteiger charge is 2.12. The van der Waals surface area contributed by atoms with Crippen LogP contribution in [0.5, 0.6) is 5.75 Å². The third-order valence-electron chi connectivity index (χ3n) is 4.35. The first-order valence-corrected chi connectivity index (χ1v) is 10.2. The maximum Gasteiger partial charge on any atom is 0.262 e. The van der Waals surface area contributed by atoms with Gasteiger partial charge in [0.2, 0.25) is 0 Å². The molecule has 0 heterocycles. The summed E-state index contributed by atoms with van der Waals surface area (Å²) < 4.78 is 6.69. The van der Waals surface area contributed by atoms with Gasteiger partial charge < -0.3 is 15.4 Å². The monoisotopic (exact) mass is 446 g/mol. The molecule has 0 fully saturated rings. The lowest BCUT2D eigenvalue weighted by molar-refractivity contribution is -0.118. The number of nitrogens with one attached hydrogen (secondary N) is 2. The van der Waals surface area contributed by atoms with Gasteiger partial charge in [0.1, 0.15) is 5.75 Å².